The minimum atomic E-state index is -0.262. The molecule has 0 saturated carbocycles. The molecule has 0 unspecified atom stereocenters. The molecule has 8 heteroatoms. The molecule has 1 heterocycles. The lowest BCUT2D eigenvalue weighted by molar-refractivity contribution is -0.114. The van der Waals surface area contributed by atoms with Crippen LogP contribution in [0.3, 0.4) is 0 Å². The number of methoxy groups -OCH3 is 1. The maximum Gasteiger partial charge on any atom is 0.321 e. The van der Waals surface area contributed by atoms with Gasteiger partial charge in [0.2, 0.25) is 5.91 Å². The van der Waals surface area contributed by atoms with Crippen LogP contribution in [0.25, 0.3) is 0 Å². The molecular weight excluding hydrogens is 363 g/mol. The van der Waals surface area contributed by atoms with Crippen LogP contribution < -0.4 is 20.3 Å². The Morgan fingerprint density at radius 3 is 2.29 bits per heavy atom. The minimum Gasteiger partial charge on any atom is -0.494 e. The lowest BCUT2D eigenvalue weighted by Crippen LogP contribution is -2.50. The van der Waals surface area contributed by atoms with E-state index in [0.29, 0.717) is 43.3 Å². The number of ether oxygens (including phenoxy) is 1. The zero-order valence-corrected chi connectivity index (χ0v) is 15.9. The summed E-state index contributed by atoms with van der Waals surface area (Å²) in [7, 11) is 1.50. The first kappa shape index (κ1) is 19.5. The zero-order chi connectivity index (χ0) is 20.1. The molecule has 0 spiro atoms. The predicted octanol–water partition coefficient (Wildman–Crippen LogP) is 3.15. The van der Waals surface area contributed by atoms with Gasteiger partial charge in [0.15, 0.2) is 0 Å². The molecule has 148 valence electrons. The lowest BCUT2D eigenvalue weighted by atomic mass is 10.2. The van der Waals surface area contributed by atoms with Gasteiger partial charge in [-0.1, -0.05) is 0 Å². The van der Waals surface area contributed by atoms with Crippen LogP contribution >= 0.6 is 0 Å². The van der Waals surface area contributed by atoms with Crippen molar-refractivity contribution in [2.45, 2.75) is 6.92 Å². The highest BCUT2D eigenvalue weighted by Crippen LogP contribution is 2.28. The molecule has 28 heavy (non-hydrogen) atoms. The number of hydrogen-bond acceptors (Lipinski definition) is 4. The third kappa shape index (κ3) is 4.70. The maximum atomic E-state index is 13.1. The van der Waals surface area contributed by atoms with E-state index in [4.69, 9.17) is 4.74 Å². The smallest absolute Gasteiger partial charge is 0.321 e. The number of carbonyl (C=O) groups excluding carboxylic acids is 2. The summed E-state index contributed by atoms with van der Waals surface area (Å²) in [6.07, 6.45) is 0. The first-order valence-corrected chi connectivity index (χ1v) is 8.98. The van der Waals surface area contributed by atoms with Crippen molar-refractivity contribution in [2.24, 2.45) is 0 Å². The topological polar surface area (TPSA) is 73.9 Å². The summed E-state index contributed by atoms with van der Waals surface area (Å²) in [5.41, 5.74) is 2.07. The van der Waals surface area contributed by atoms with Crippen molar-refractivity contribution >= 4 is 29.0 Å². The highest BCUT2D eigenvalue weighted by Gasteiger charge is 2.21. The molecule has 7 nitrogen and oxygen atoms in total. The largest absolute Gasteiger partial charge is 0.494 e. The summed E-state index contributed by atoms with van der Waals surface area (Å²) in [5, 5.41) is 5.53. The molecule has 1 aliphatic rings. The van der Waals surface area contributed by atoms with Gasteiger partial charge in [-0.05, 0) is 36.4 Å². The SMILES string of the molecule is COc1cc(NC(=O)N2CCN(c3ccc(F)cc3)CC2)ccc1NC(C)=O. The average molecular weight is 386 g/mol. The predicted molar refractivity (Wildman–Crippen MR) is 107 cm³/mol. The van der Waals surface area contributed by atoms with E-state index in [1.165, 1.54) is 26.2 Å². The fourth-order valence-electron chi connectivity index (χ4n) is 3.08. The fourth-order valence-corrected chi connectivity index (χ4v) is 3.08. The van der Waals surface area contributed by atoms with Crippen LogP contribution in [0, 0.1) is 5.82 Å². The third-order valence-electron chi connectivity index (χ3n) is 4.52. The number of carbonyl (C=O) groups is 2. The molecule has 0 radical (unpaired) electrons. The van der Waals surface area contributed by atoms with Crippen LogP contribution in [-0.2, 0) is 4.79 Å². The number of amides is 3. The molecule has 0 atom stereocenters. The van der Waals surface area contributed by atoms with Gasteiger partial charge in [-0.3, -0.25) is 4.79 Å². The highest BCUT2D eigenvalue weighted by molar-refractivity contribution is 5.93. The number of urea groups is 1. The molecule has 1 fully saturated rings. The van der Waals surface area contributed by atoms with Crippen LogP contribution in [0.15, 0.2) is 42.5 Å². The van der Waals surface area contributed by atoms with Crippen LogP contribution in [0.4, 0.5) is 26.2 Å². The lowest BCUT2D eigenvalue weighted by Gasteiger charge is -2.36. The van der Waals surface area contributed by atoms with Crippen LogP contribution in [0.2, 0.25) is 0 Å². The number of rotatable bonds is 4. The minimum absolute atomic E-state index is 0.200. The van der Waals surface area contributed by atoms with Gasteiger partial charge in [-0.15, -0.1) is 0 Å². The molecule has 1 aliphatic heterocycles. The molecule has 2 N–H and O–H groups in total. The maximum absolute atomic E-state index is 13.1. The van der Waals surface area contributed by atoms with Gasteiger partial charge in [0.25, 0.3) is 0 Å². The van der Waals surface area contributed by atoms with Crippen LogP contribution in [0.1, 0.15) is 6.92 Å². The molecule has 1 saturated heterocycles. The van der Waals surface area contributed by atoms with Gasteiger partial charge in [0.1, 0.15) is 11.6 Å². The third-order valence-corrected chi connectivity index (χ3v) is 4.52. The van der Waals surface area contributed by atoms with Gasteiger partial charge in [-0.2, -0.15) is 0 Å². The van der Waals surface area contributed by atoms with Gasteiger partial charge >= 0.3 is 6.03 Å². The Labute approximate surface area is 163 Å². The number of hydrogen-bond donors (Lipinski definition) is 2. The van der Waals surface area contributed by atoms with Gasteiger partial charge < -0.3 is 25.2 Å². The highest BCUT2D eigenvalue weighted by atomic mass is 19.1. The van der Waals surface area contributed by atoms with Crippen molar-refractivity contribution in [1.82, 2.24) is 4.90 Å². The van der Waals surface area contributed by atoms with Crippen molar-refractivity contribution in [2.75, 3.05) is 48.8 Å². The summed E-state index contributed by atoms with van der Waals surface area (Å²) in [6.45, 7) is 3.88. The van der Waals surface area contributed by atoms with Crippen molar-refractivity contribution in [3.05, 3.63) is 48.3 Å². The molecule has 2 aromatic carbocycles. The number of halogens is 1. The summed E-state index contributed by atoms with van der Waals surface area (Å²) in [4.78, 5) is 27.6. The zero-order valence-electron chi connectivity index (χ0n) is 15.9. The Bertz CT molecular complexity index is 849. The second kappa shape index (κ2) is 8.60. The second-order valence-electron chi connectivity index (χ2n) is 6.48. The molecule has 3 amide bonds. The number of nitrogens with one attached hydrogen (secondary N) is 2. The first-order valence-electron chi connectivity index (χ1n) is 8.98. The quantitative estimate of drug-likeness (QED) is 0.847. The van der Waals surface area contributed by atoms with Crippen molar-refractivity contribution in [3.8, 4) is 5.75 Å². The number of piperazine rings is 1. The van der Waals surface area contributed by atoms with E-state index in [2.05, 4.69) is 15.5 Å². The van der Waals surface area contributed by atoms with E-state index in [9.17, 15) is 14.0 Å². The Morgan fingerprint density at radius 2 is 1.68 bits per heavy atom. The second-order valence-corrected chi connectivity index (χ2v) is 6.48. The molecule has 2 aromatic rings. The molecule has 0 aliphatic carbocycles. The van der Waals surface area contributed by atoms with Crippen molar-refractivity contribution in [3.63, 3.8) is 0 Å². The Morgan fingerprint density at radius 1 is 1.00 bits per heavy atom. The number of benzene rings is 2. The Hall–Kier alpha value is -3.29. The van der Waals surface area contributed by atoms with Crippen LogP contribution in [-0.4, -0.2) is 50.1 Å². The first-order chi connectivity index (χ1) is 13.5. The monoisotopic (exact) mass is 386 g/mol. The van der Waals surface area contributed by atoms with Crippen LogP contribution in [0.5, 0.6) is 5.75 Å². The standard InChI is InChI=1S/C20H23FN4O3/c1-14(26)22-18-8-5-16(13-19(18)28-2)23-20(27)25-11-9-24(10-12-25)17-6-3-15(21)4-7-17/h3-8,13H,9-12H2,1-2H3,(H,22,26)(H,23,27). The summed E-state index contributed by atoms with van der Waals surface area (Å²) >= 11 is 0. The molecular formula is C20H23FN4O3. The summed E-state index contributed by atoms with van der Waals surface area (Å²) in [5.74, 6) is 0.00459. The van der Waals surface area contributed by atoms with E-state index in [0.717, 1.165) is 5.69 Å². The van der Waals surface area contributed by atoms with E-state index >= 15 is 0 Å². The average Bonchev–Trinajstić information content (AvgIpc) is 2.69. The van der Waals surface area contributed by atoms with E-state index < -0.39 is 0 Å². The number of anilines is 3. The molecule has 0 aromatic heterocycles. The van der Waals surface area contributed by atoms with Crippen molar-refractivity contribution in [1.29, 1.82) is 0 Å². The number of nitrogens with zero attached hydrogens (tertiary/aromatic N) is 2. The fraction of sp³-hybridized carbons (Fsp3) is 0.300. The van der Waals surface area contributed by atoms with Gasteiger partial charge in [0, 0.05) is 50.5 Å². The summed E-state index contributed by atoms with van der Waals surface area (Å²) < 4.78 is 18.3. The van der Waals surface area contributed by atoms with Gasteiger partial charge in [0.05, 0.1) is 12.8 Å². The van der Waals surface area contributed by atoms with E-state index in [1.807, 2.05) is 0 Å². The normalized spacial score (nSPS) is 13.8. The summed E-state index contributed by atoms with van der Waals surface area (Å²) in [6, 6.07) is 11.2. The van der Waals surface area contributed by atoms with E-state index in [-0.39, 0.29) is 17.8 Å². The Kier molecular flexibility index (Phi) is 5.98. The Balaban J connectivity index is 1.58. The molecule has 0 bridgehead atoms. The van der Waals surface area contributed by atoms with Gasteiger partial charge in [-0.25, -0.2) is 9.18 Å². The molecule has 3 rings (SSSR count). The van der Waals surface area contributed by atoms with Crippen molar-refractivity contribution < 1.29 is 18.7 Å². The van der Waals surface area contributed by atoms with E-state index in [1.54, 1.807) is 35.2 Å².